The van der Waals surface area contributed by atoms with Gasteiger partial charge in [-0.25, -0.2) is 0 Å². The number of benzene rings is 2. The van der Waals surface area contributed by atoms with Crippen LogP contribution in [0.3, 0.4) is 0 Å². The molecule has 0 unspecified atom stereocenters. The highest BCUT2D eigenvalue weighted by atomic mass is 16.3. The van der Waals surface area contributed by atoms with E-state index in [1.165, 1.54) is 11.1 Å². The maximum atomic E-state index is 10.2. The number of aryl methyl sites for hydroxylation is 1. The van der Waals surface area contributed by atoms with Crippen molar-refractivity contribution in [2.75, 3.05) is 0 Å². The van der Waals surface area contributed by atoms with E-state index in [1.54, 1.807) is 0 Å². The Balaban J connectivity index is 2.96. The molecule has 0 aromatic heterocycles. The minimum absolute atomic E-state index is 0.344. The maximum Gasteiger partial charge on any atom is 0.121 e. The van der Waals surface area contributed by atoms with Gasteiger partial charge in [0.1, 0.15) is 11.5 Å². The number of phenolic OH excluding ortho intramolecular Hbond substituents is 2. The lowest BCUT2D eigenvalue weighted by Crippen LogP contribution is -2.01. The predicted molar refractivity (Wildman–Crippen MR) is 88.4 cm³/mol. The number of hydrogen-bond donors (Lipinski definition) is 2. The summed E-state index contributed by atoms with van der Waals surface area (Å²) >= 11 is 0. The first-order valence-corrected chi connectivity index (χ1v) is 7.27. The van der Waals surface area contributed by atoms with Gasteiger partial charge in [0, 0.05) is 0 Å². The molecule has 0 fully saturated rings. The third kappa shape index (κ3) is 2.19. The summed E-state index contributed by atoms with van der Waals surface area (Å²) in [6.07, 6.45) is 0. The molecule has 2 nitrogen and oxygen atoms in total. The van der Waals surface area contributed by atoms with Gasteiger partial charge in [-0.15, -0.1) is 0 Å². The topological polar surface area (TPSA) is 40.5 Å². The molecule has 2 rings (SSSR count). The Kier molecular flexibility index (Phi) is 3.75. The average Bonchev–Trinajstić information content (AvgIpc) is 2.44. The van der Waals surface area contributed by atoms with Gasteiger partial charge in [0.15, 0.2) is 0 Å². The lowest BCUT2D eigenvalue weighted by Gasteiger charge is -2.22. The van der Waals surface area contributed by atoms with E-state index >= 15 is 0 Å². The Bertz CT molecular complexity index is 711. The summed E-state index contributed by atoms with van der Waals surface area (Å²) in [7, 11) is 0. The van der Waals surface area contributed by atoms with Crippen molar-refractivity contribution >= 4 is 0 Å². The van der Waals surface area contributed by atoms with E-state index in [0.29, 0.717) is 11.5 Å². The van der Waals surface area contributed by atoms with Gasteiger partial charge in [-0.1, -0.05) is 0 Å². The lowest BCUT2D eigenvalue weighted by molar-refractivity contribution is 0.465. The molecule has 0 aliphatic rings. The summed E-state index contributed by atoms with van der Waals surface area (Å²) in [5.41, 5.74) is 9.49. The zero-order chi connectivity index (χ0) is 16.1. The van der Waals surface area contributed by atoms with Gasteiger partial charge in [0.2, 0.25) is 0 Å². The summed E-state index contributed by atoms with van der Waals surface area (Å²) in [5.74, 6) is 0.732. The second-order valence-corrected chi connectivity index (χ2v) is 6.06. The van der Waals surface area contributed by atoms with Crippen LogP contribution in [0.5, 0.6) is 11.5 Å². The fraction of sp³-hybridized carbons (Fsp3) is 0.368. The molecule has 0 atom stereocenters. The molecule has 0 spiro atoms. The Morgan fingerprint density at radius 2 is 1.00 bits per heavy atom. The van der Waals surface area contributed by atoms with E-state index in [4.69, 9.17) is 0 Å². The van der Waals surface area contributed by atoms with Gasteiger partial charge < -0.3 is 10.2 Å². The van der Waals surface area contributed by atoms with Crippen LogP contribution in [0.15, 0.2) is 6.07 Å². The highest BCUT2D eigenvalue weighted by Crippen LogP contribution is 2.42. The van der Waals surface area contributed by atoms with Crippen molar-refractivity contribution in [2.45, 2.75) is 48.5 Å². The van der Waals surface area contributed by atoms with E-state index < -0.39 is 0 Å². The van der Waals surface area contributed by atoms with Crippen LogP contribution in [0.1, 0.15) is 38.9 Å². The second kappa shape index (κ2) is 5.10. The predicted octanol–water partition coefficient (Wildman–Crippen LogP) is 4.92. The summed E-state index contributed by atoms with van der Waals surface area (Å²) < 4.78 is 0. The van der Waals surface area contributed by atoms with Crippen molar-refractivity contribution in [1.82, 2.24) is 0 Å². The van der Waals surface area contributed by atoms with E-state index in [0.717, 1.165) is 38.9 Å². The molecule has 0 saturated carbocycles. The maximum absolute atomic E-state index is 10.2. The molecule has 0 aliphatic carbocycles. The van der Waals surface area contributed by atoms with Crippen molar-refractivity contribution in [2.24, 2.45) is 0 Å². The molecular formula is C19H24O2. The Labute approximate surface area is 127 Å². The molecule has 21 heavy (non-hydrogen) atoms. The molecule has 112 valence electrons. The van der Waals surface area contributed by atoms with Crippen molar-refractivity contribution in [3.8, 4) is 22.6 Å². The molecule has 0 heterocycles. The van der Waals surface area contributed by atoms with Gasteiger partial charge >= 0.3 is 0 Å². The van der Waals surface area contributed by atoms with E-state index in [2.05, 4.69) is 13.8 Å². The van der Waals surface area contributed by atoms with Crippen LogP contribution in [0, 0.1) is 48.5 Å². The fourth-order valence-electron chi connectivity index (χ4n) is 3.11. The minimum Gasteiger partial charge on any atom is -0.508 e. The molecule has 2 N–H and O–H groups in total. The first-order valence-electron chi connectivity index (χ1n) is 7.27. The molecule has 0 bridgehead atoms. The second-order valence-electron chi connectivity index (χ2n) is 6.06. The Morgan fingerprint density at radius 3 is 1.48 bits per heavy atom. The van der Waals surface area contributed by atoms with Crippen LogP contribution >= 0.6 is 0 Å². The van der Waals surface area contributed by atoms with Crippen LogP contribution in [-0.4, -0.2) is 10.2 Å². The number of hydrogen-bond acceptors (Lipinski definition) is 2. The Morgan fingerprint density at radius 1 is 0.571 bits per heavy atom. The SMILES string of the molecule is Cc1cc(O)c(C)c(C)c1-c1c(C)c(C)c(O)c(C)c1C. The van der Waals surface area contributed by atoms with Crippen LogP contribution in [0.25, 0.3) is 11.1 Å². The first-order chi connectivity index (χ1) is 9.68. The van der Waals surface area contributed by atoms with Gasteiger partial charge in [-0.3, -0.25) is 0 Å². The van der Waals surface area contributed by atoms with E-state index in [-0.39, 0.29) is 0 Å². The van der Waals surface area contributed by atoms with Gasteiger partial charge in [-0.2, -0.15) is 0 Å². The summed E-state index contributed by atoms with van der Waals surface area (Å²) in [4.78, 5) is 0. The third-order valence-corrected chi connectivity index (χ3v) is 4.90. The highest BCUT2D eigenvalue weighted by molar-refractivity contribution is 5.81. The quantitative estimate of drug-likeness (QED) is 0.780. The van der Waals surface area contributed by atoms with Gasteiger partial charge in [0.05, 0.1) is 0 Å². The van der Waals surface area contributed by atoms with Crippen LogP contribution in [0.4, 0.5) is 0 Å². The molecule has 0 amide bonds. The molecule has 0 aliphatic heterocycles. The van der Waals surface area contributed by atoms with Crippen LogP contribution in [0.2, 0.25) is 0 Å². The zero-order valence-corrected chi connectivity index (χ0v) is 14.0. The highest BCUT2D eigenvalue weighted by Gasteiger charge is 2.19. The standard InChI is InChI=1S/C19H24O2/c1-9-8-16(20)10(2)11(3)17(9)18-12(4)14(6)19(21)15(7)13(18)5/h8,20-21H,1-7H3. The molecule has 0 radical (unpaired) electrons. The Hall–Kier alpha value is -1.96. The molecule has 2 heteroatoms. The van der Waals surface area contributed by atoms with Crippen LogP contribution in [-0.2, 0) is 0 Å². The summed E-state index contributed by atoms with van der Waals surface area (Å²) in [5, 5.41) is 20.2. The van der Waals surface area contributed by atoms with E-state index in [9.17, 15) is 10.2 Å². The van der Waals surface area contributed by atoms with Crippen molar-refractivity contribution in [3.63, 3.8) is 0 Å². The first kappa shape index (κ1) is 15.4. The smallest absolute Gasteiger partial charge is 0.121 e. The lowest BCUT2D eigenvalue weighted by atomic mass is 9.84. The minimum atomic E-state index is 0.344. The molecular weight excluding hydrogens is 260 g/mol. The van der Waals surface area contributed by atoms with E-state index in [1.807, 2.05) is 40.7 Å². The monoisotopic (exact) mass is 284 g/mol. The van der Waals surface area contributed by atoms with Crippen molar-refractivity contribution < 1.29 is 10.2 Å². The number of phenols is 2. The van der Waals surface area contributed by atoms with Crippen molar-refractivity contribution in [3.05, 3.63) is 45.0 Å². The number of rotatable bonds is 1. The molecule has 2 aromatic carbocycles. The third-order valence-electron chi connectivity index (χ3n) is 4.90. The zero-order valence-electron chi connectivity index (χ0n) is 14.0. The normalized spacial score (nSPS) is 11.0. The largest absolute Gasteiger partial charge is 0.508 e. The van der Waals surface area contributed by atoms with Gasteiger partial charge in [0.25, 0.3) is 0 Å². The summed E-state index contributed by atoms with van der Waals surface area (Å²) in [6, 6.07) is 1.83. The summed E-state index contributed by atoms with van der Waals surface area (Å²) in [6.45, 7) is 14.0. The number of aromatic hydroxyl groups is 2. The van der Waals surface area contributed by atoms with Crippen molar-refractivity contribution in [1.29, 1.82) is 0 Å². The molecule has 0 saturated heterocycles. The van der Waals surface area contributed by atoms with Crippen LogP contribution < -0.4 is 0 Å². The van der Waals surface area contributed by atoms with Gasteiger partial charge in [-0.05, 0) is 105 Å². The fourth-order valence-corrected chi connectivity index (χ4v) is 3.11. The average molecular weight is 284 g/mol. The molecule has 2 aromatic rings.